The topological polar surface area (TPSA) is 104 Å². The van der Waals surface area contributed by atoms with Crippen molar-refractivity contribution in [2.45, 2.75) is 37.8 Å². The summed E-state index contributed by atoms with van der Waals surface area (Å²) in [6.07, 6.45) is 5.78. The molecular formula is C21H26N8O2. The van der Waals surface area contributed by atoms with Crippen molar-refractivity contribution in [1.82, 2.24) is 35.2 Å². The van der Waals surface area contributed by atoms with Gasteiger partial charge < -0.3 is 19.9 Å². The number of hydrogen-bond acceptors (Lipinski definition) is 6. The van der Waals surface area contributed by atoms with E-state index in [4.69, 9.17) is 9.72 Å². The summed E-state index contributed by atoms with van der Waals surface area (Å²) in [6, 6.07) is 4.74. The Morgan fingerprint density at radius 1 is 1.32 bits per heavy atom. The van der Waals surface area contributed by atoms with Crippen LogP contribution in [0.15, 0.2) is 24.5 Å². The monoisotopic (exact) mass is 422 g/mol. The van der Waals surface area contributed by atoms with Gasteiger partial charge >= 0.3 is 6.03 Å². The minimum atomic E-state index is 0.0548. The van der Waals surface area contributed by atoms with E-state index in [0.29, 0.717) is 32.3 Å². The molecule has 0 radical (unpaired) electrons. The maximum absolute atomic E-state index is 12.4. The number of anilines is 1. The molecule has 2 N–H and O–H groups in total. The van der Waals surface area contributed by atoms with Gasteiger partial charge in [-0.15, -0.1) is 0 Å². The molecule has 2 saturated heterocycles. The molecule has 162 valence electrons. The first kappa shape index (κ1) is 18.6. The van der Waals surface area contributed by atoms with Gasteiger partial charge in [0.25, 0.3) is 0 Å². The van der Waals surface area contributed by atoms with Crippen molar-refractivity contribution < 1.29 is 9.53 Å². The molecular weight excluding hydrogens is 396 g/mol. The van der Waals surface area contributed by atoms with Gasteiger partial charge in [-0.2, -0.15) is 14.9 Å². The van der Waals surface area contributed by atoms with E-state index in [0.717, 1.165) is 42.1 Å². The lowest BCUT2D eigenvalue weighted by Gasteiger charge is -2.40. The van der Waals surface area contributed by atoms with E-state index in [2.05, 4.69) is 38.5 Å². The third-order valence-electron chi connectivity index (χ3n) is 6.45. The van der Waals surface area contributed by atoms with E-state index in [1.807, 2.05) is 17.2 Å². The zero-order valence-electron chi connectivity index (χ0n) is 17.5. The van der Waals surface area contributed by atoms with Crippen LogP contribution in [0.2, 0.25) is 0 Å². The van der Waals surface area contributed by atoms with Crippen molar-refractivity contribution in [2.24, 2.45) is 0 Å². The first-order valence-corrected chi connectivity index (χ1v) is 11.0. The third kappa shape index (κ3) is 3.31. The average molecular weight is 422 g/mol. The van der Waals surface area contributed by atoms with Crippen LogP contribution in [0.25, 0.3) is 16.9 Å². The van der Waals surface area contributed by atoms with Crippen LogP contribution in [0.1, 0.15) is 31.2 Å². The number of ether oxygens (including phenoxy) is 1. The summed E-state index contributed by atoms with van der Waals surface area (Å²) < 4.78 is 7.43. The number of H-pyrrole nitrogens is 1. The van der Waals surface area contributed by atoms with Crippen molar-refractivity contribution in [2.75, 3.05) is 37.7 Å². The fourth-order valence-electron chi connectivity index (χ4n) is 4.44. The number of pyridine rings is 1. The van der Waals surface area contributed by atoms with Gasteiger partial charge in [-0.25, -0.2) is 9.78 Å². The Bertz CT molecular complexity index is 1100. The molecule has 10 nitrogen and oxygen atoms in total. The average Bonchev–Trinajstić information content (AvgIpc) is 3.21. The number of rotatable bonds is 4. The molecule has 5 heterocycles. The first-order valence-electron chi connectivity index (χ1n) is 11.0. The Kier molecular flexibility index (Phi) is 4.34. The SMILES string of the molecule is C[C@@H]1COCCN1c1cc(C2CN(C(=O)NC3CC3)C2)c2cnn(-c3ccn[nH]3)c2n1. The number of fused-ring (bicyclic) bond motifs is 1. The van der Waals surface area contributed by atoms with E-state index in [9.17, 15) is 4.79 Å². The molecule has 2 amide bonds. The number of carbonyl (C=O) groups is 1. The van der Waals surface area contributed by atoms with Gasteiger partial charge in [0.05, 0.1) is 31.6 Å². The predicted molar refractivity (Wildman–Crippen MR) is 115 cm³/mol. The quantitative estimate of drug-likeness (QED) is 0.662. The fourth-order valence-corrected chi connectivity index (χ4v) is 4.44. The van der Waals surface area contributed by atoms with Gasteiger partial charge in [-0.3, -0.25) is 5.10 Å². The summed E-state index contributed by atoms with van der Waals surface area (Å²) in [5.41, 5.74) is 2.00. The minimum Gasteiger partial charge on any atom is -0.377 e. The number of aromatic amines is 1. The van der Waals surface area contributed by atoms with Crippen LogP contribution < -0.4 is 10.2 Å². The molecule has 1 atom stereocenters. The largest absolute Gasteiger partial charge is 0.377 e. The second kappa shape index (κ2) is 7.23. The number of likely N-dealkylation sites (tertiary alicyclic amines) is 1. The molecule has 2 aliphatic heterocycles. The summed E-state index contributed by atoms with van der Waals surface area (Å²) in [5, 5.41) is 15.7. The van der Waals surface area contributed by atoms with Crippen LogP contribution in [0.3, 0.4) is 0 Å². The third-order valence-corrected chi connectivity index (χ3v) is 6.45. The molecule has 1 aliphatic carbocycles. The standard InChI is InChI=1S/C21H26N8O2/c1-13-12-31-7-6-28(13)19-8-16(14-10-27(11-14)21(30)24-15-2-3-15)17-9-23-29(20(17)25-19)18-4-5-22-26-18/h4-5,8-9,13-15H,2-3,6-7,10-12H2,1H3,(H,22,26)(H,24,30)/t13-/m1/s1. The van der Waals surface area contributed by atoms with E-state index in [-0.39, 0.29) is 18.0 Å². The van der Waals surface area contributed by atoms with Gasteiger partial charge in [0.15, 0.2) is 11.5 Å². The second-order valence-electron chi connectivity index (χ2n) is 8.75. The Labute approximate surface area is 179 Å². The Morgan fingerprint density at radius 3 is 2.94 bits per heavy atom. The number of amides is 2. The number of aromatic nitrogens is 5. The zero-order chi connectivity index (χ0) is 20.9. The molecule has 3 aromatic heterocycles. The number of morpholine rings is 1. The lowest BCUT2D eigenvalue weighted by atomic mass is 9.90. The molecule has 3 aromatic rings. The molecule has 0 aromatic carbocycles. The Balaban J connectivity index is 1.36. The first-order chi connectivity index (χ1) is 15.2. The molecule has 6 rings (SSSR count). The second-order valence-corrected chi connectivity index (χ2v) is 8.75. The van der Waals surface area contributed by atoms with Crippen molar-refractivity contribution in [3.8, 4) is 5.82 Å². The summed E-state index contributed by atoms with van der Waals surface area (Å²) in [4.78, 5) is 21.6. The highest BCUT2D eigenvalue weighted by Gasteiger charge is 2.36. The molecule has 3 aliphatic rings. The van der Waals surface area contributed by atoms with E-state index >= 15 is 0 Å². The molecule has 31 heavy (non-hydrogen) atoms. The highest BCUT2D eigenvalue weighted by Crippen LogP contribution is 2.35. The molecule has 3 fully saturated rings. The number of nitrogens with zero attached hydrogens (tertiary/aromatic N) is 6. The van der Waals surface area contributed by atoms with Crippen LogP contribution >= 0.6 is 0 Å². The summed E-state index contributed by atoms with van der Waals surface area (Å²) in [5.74, 6) is 1.98. The van der Waals surface area contributed by atoms with Crippen molar-refractivity contribution >= 4 is 22.9 Å². The number of nitrogens with one attached hydrogen (secondary N) is 2. The number of urea groups is 1. The van der Waals surface area contributed by atoms with Crippen LogP contribution in [0.4, 0.5) is 10.6 Å². The highest BCUT2D eigenvalue weighted by molar-refractivity contribution is 5.84. The van der Waals surface area contributed by atoms with Gasteiger partial charge in [-0.05, 0) is 31.4 Å². The van der Waals surface area contributed by atoms with Crippen molar-refractivity contribution in [1.29, 1.82) is 0 Å². The Morgan fingerprint density at radius 2 is 2.19 bits per heavy atom. The highest BCUT2D eigenvalue weighted by atomic mass is 16.5. The number of hydrogen-bond donors (Lipinski definition) is 2. The lowest BCUT2D eigenvalue weighted by molar-refractivity contribution is 0.0985. The lowest BCUT2D eigenvalue weighted by Crippen LogP contribution is -2.53. The number of carbonyl (C=O) groups excluding carboxylic acids is 1. The predicted octanol–water partition coefficient (Wildman–Crippen LogP) is 1.64. The zero-order valence-corrected chi connectivity index (χ0v) is 17.5. The normalized spacial score (nSPS) is 22.0. The van der Waals surface area contributed by atoms with E-state index in [1.165, 1.54) is 5.56 Å². The van der Waals surface area contributed by atoms with Gasteiger partial charge in [-0.1, -0.05) is 0 Å². The maximum atomic E-state index is 12.4. The van der Waals surface area contributed by atoms with E-state index < -0.39 is 0 Å². The minimum absolute atomic E-state index is 0.0548. The molecule has 10 heteroatoms. The van der Waals surface area contributed by atoms with Crippen LogP contribution in [-0.2, 0) is 4.74 Å². The molecule has 0 spiro atoms. The molecule has 0 bridgehead atoms. The van der Waals surface area contributed by atoms with Crippen molar-refractivity contribution in [3.63, 3.8) is 0 Å². The maximum Gasteiger partial charge on any atom is 0.317 e. The summed E-state index contributed by atoms with van der Waals surface area (Å²) in [7, 11) is 0. The van der Waals surface area contributed by atoms with Gasteiger partial charge in [0.1, 0.15) is 5.82 Å². The van der Waals surface area contributed by atoms with E-state index in [1.54, 1.807) is 10.9 Å². The summed E-state index contributed by atoms with van der Waals surface area (Å²) in [6.45, 7) is 5.77. The Hall–Kier alpha value is -3.14. The van der Waals surface area contributed by atoms with Crippen LogP contribution in [0, 0.1) is 0 Å². The van der Waals surface area contributed by atoms with Crippen LogP contribution in [0.5, 0.6) is 0 Å². The fraction of sp³-hybridized carbons (Fsp3) is 0.524. The molecule has 0 unspecified atom stereocenters. The smallest absolute Gasteiger partial charge is 0.317 e. The van der Waals surface area contributed by atoms with Crippen LogP contribution in [-0.4, -0.2) is 80.8 Å². The van der Waals surface area contributed by atoms with Gasteiger partial charge in [0, 0.05) is 43.0 Å². The summed E-state index contributed by atoms with van der Waals surface area (Å²) >= 11 is 0. The van der Waals surface area contributed by atoms with Crippen molar-refractivity contribution in [3.05, 3.63) is 30.1 Å². The molecule has 1 saturated carbocycles. The van der Waals surface area contributed by atoms with Gasteiger partial charge in [0.2, 0.25) is 0 Å².